The summed E-state index contributed by atoms with van der Waals surface area (Å²) < 4.78 is 0. The predicted molar refractivity (Wildman–Crippen MR) is 102 cm³/mol. The van der Waals surface area contributed by atoms with Crippen LogP contribution in [0.3, 0.4) is 0 Å². The van der Waals surface area contributed by atoms with E-state index in [4.69, 9.17) is 23.2 Å². The summed E-state index contributed by atoms with van der Waals surface area (Å²) in [5, 5.41) is 4.70. The summed E-state index contributed by atoms with van der Waals surface area (Å²) in [5.41, 5.74) is 1.07. The highest BCUT2D eigenvalue weighted by Gasteiger charge is 2.47. The Morgan fingerprint density at radius 1 is 1.29 bits per heavy atom. The lowest BCUT2D eigenvalue weighted by atomic mass is 10.0. The molecule has 134 valence electrons. The van der Waals surface area contributed by atoms with Crippen molar-refractivity contribution < 1.29 is 4.79 Å². The summed E-state index contributed by atoms with van der Waals surface area (Å²) >= 11 is 12.3. The highest BCUT2D eigenvalue weighted by atomic mass is 35.5. The summed E-state index contributed by atoms with van der Waals surface area (Å²) in [7, 11) is 0. The van der Waals surface area contributed by atoms with Crippen LogP contribution in [0.15, 0.2) is 18.2 Å². The van der Waals surface area contributed by atoms with Gasteiger partial charge in [-0.25, -0.2) is 0 Å². The number of hydrogen-bond acceptors (Lipinski definition) is 2. The van der Waals surface area contributed by atoms with Crippen LogP contribution in [0.25, 0.3) is 0 Å². The van der Waals surface area contributed by atoms with E-state index in [9.17, 15) is 4.79 Å². The summed E-state index contributed by atoms with van der Waals surface area (Å²) in [4.78, 5) is 15.1. The molecule has 1 saturated heterocycles. The Morgan fingerprint density at radius 3 is 2.62 bits per heavy atom. The third kappa shape index (κ3) is 4.37. The van der Waals surface area contributed by atoms with E-state index < -0.39 is 0 Å². The predicted octanol–water partition coefficient (Wildman–Crippen LogP) is 4.51. The van der Waals surface area contributed by atoms with Crippen LogP contribution in [-0.4, -0.2) is 36.5 Å². The second kappa shape index (κ2) is 8.75. The molecule has 1 amide bonds. The molecule has 0 radical (unpaired) electrons. The van der Waals surface area contributed by atoms with Crippen LogP contribution in [-0.2, 0) is 4.79 Å². The van der Waals surface area contributed by atoms with E-state index in [-0.39, 0.29) is 24.2 Å². The summed E-state index contributed by atoms with van der Waals surface area (Å²) in [6, 6.07) is 6.00. The maximum absolute atomic E-state index is 13.0. The first kappa shape index (κ1) is 19.8. The number of carbonyl (C=O) groups is 1. The normalized spacial score (nSPS) is 23.5. The van der Waals surface area contributed by atoms with E-state index in [0.29, 0.717) is 22.0 Å². The van der Waals surface area contributed by atoms with E-state index in [1.165, 1.54) is 0 Å². The topological polar surface area (TPSA) is 32.3 Å². The molecule has 1 aliphatic carbocycles. The van der Waals surface area contributed by atoms with Gasteiger partial charge in [0.05, 0.1) is 0 Å². The molecule has 2 fully saturated rings. The van der Waals surface area contributed by atoms with E-state index in [0.717, 1.165) is 50.9 Å². The van der Waals surface area contributed by atoms with Gasteiger partial charge in [-0.3, -0.25) is 4.79 Å². The zero-order valence-corrected chi connectivity index (χ0v) is 16.3. The molecular weight excluding hydrogens is 367 g/mol. The van der Waals surface area contributed by atoms with Gasteiger partial charge in [0.15, 0.2) is 0 Å². The fraction of sp³-hybridized carbons (Fsp3) is 0.611. The summed E-state index contributed by atoms with van der Waals surface area (Å²) in [5.74, 6) is 0.665. The first-order valence-electron chi connectivity index (χ1n) is 8.58. The molecule has 1 aromatic rings. The maximum Gasteiger partial charge on any atom is 0.226 e. The smallest absolute Gasteiger partial charge is 0.226 e. The molecule has 1 saturated carbocycles. The van der Waals surface area contributed by atoms with Crippen molar-refractivity contribution in [3.05, 3.63) is 33.8 Å². The van der Waals surface area contributed by atoms with Gasteiger partial charge in [-0.2, -0.15) is 0 Å². The molecular formula is C18H25Cl3N2O. The zero-order chi connectivity index (χ0) is 16.4. The van der Waals surface area contributed by atoms with Gasteiger partial charge < -0.3 is 10.2 Å². The first-order chi connectivity index (χ1) is 11.1. The lowest BCUT2D eigenvalue weighted by Crippen LogP contribution is -2.47. The molecule has 2 atom stereocenters. The standard InChI is InChI=1S/C18H24Cl2N2O.ClH/c1-2-9-22(13-5-7-21-8-6-13)18(23)16-11-15(16)14-4-3-12(19)10-17(14)20;/h3-4,10,13,15-16,21H,2,5-9,11H2,1H3;1H. The van der Waals surface area contributed by atoms with Crippen molar-refractivity contribution in [2.45, 2.75) is 44.6 Å². The van der Waals surface area contributed by atoms with Gasteiger partial charge in [0, 0.05) is 28.5 Å². The van der Waals surface area contributed by atoms with Crippen molar-refractivity contribution in [3.8, 4) is 0 Å². The minimum atomic E-state index is 0. The van der Waals surface area contributed by atoms with Gasteiger partial charge in [-0.15, -0.1) is 12.4 Å². The Bertz CT molecular complexity index is 575. The van der Waals surface area contributed by atoms with Gasteiger partial charge in [0.25, 0.3) is 0 Å². The van der Waals surface area contributed by atoms with Crippen molar-refractivity contribution in [1.29, 1.82) is 0 Å². The summed E-state index contributed by atoms with van der Waals surface area (Å²) in [6.07, 6.45) is 4.04. The highest BCUT2D eigenvalue weighted by molar-refractivity contribution is 6.35. The third-order valence-corrected chi connectivity index (χ3v) is 5.53. The summed E-state index contributed by atoms with van der Waals surface area (Å²) in [6.45, 7) is 5.02. The minimum absolute atomic E-state index is 0. The van der Waals surface area contributed by atoms with Crippen LogP contribution in [0.4, 0.5) is 0 Å². The number of hydrogen-bond donors (Lipinski definition) is 1. The van der Waals surface area contributed by atoms with Crippen molar-refractivity contribution in [2.75, 3.05) is 19.6 Å². The number of rotatable bonds is 5. The number of nitrogens with one attached hydrogen (secondary N) is 1. The molecule has 1 heterocycles. The van der Waals surface area contributed by atoms with Crippen LogP contribution in [0.2, 0.25) is 10.0 Å². The van der Waals surface area contributed by atoms with Crippen LogP contribution in [0.1, 0.15) is 44.1 Å². The molecule has 1 aromatic carbocycles. The number of amides is 1. The van der Waals surface area contributed by atoms with Gasteiger partial charge in [0.1, 0.15) is 0 Å². The molecule has 0 spiro atoms. The van der Waals surface area contributed by atoms with E-state index in [1.54, 1.807) is 6.07 Å². The quantitative estimate of drug-likeness (QED) is 0.801. The number of halogens is 3. The van der Waals surface area contributed by atoms with Gasteiger partial charge in [0.2, 0.25) is 5.91 Å². The van der Waals surface area contributed by atoms with Gasteiger partial charge in [-0.1, -0.05) is 36.2 Å². The Hall–Kier alpha value is -0.480. The van der Waals surface area contributed by atoms with Crippen molar-refractivity contribution in [3.63, 3.8) is 0 Å². The second-order valence-corrected chi connectivity index (χ2v) is 7.47. The Morgan fingerprint density at radius 2 is 2.00 bits per heavy atom. The lowest BCUT2D eigenvalue weighted by Gasteiger charge is -2.35. The van der Waals surface area contributed by atoms with Crippen LogP contribution in [0, 0.1) is 5.92 Å². The van der Waals surface area contributed by atoms with E-state index in [2.05, 4.69) is 17.1 Å². The average molecular weight is 392 g/mol. The van der Waals surface area contributed by atoms with Crippen molar-refractivity contribution in [2.24, 2.45) is 5.92 Å². The molecule has 3 rings (SSSR count). The molecule has 1 N–H and O–H groups in total. The highest BCUT2D eigenvalue weighted by Crippen LogP contribution is 2.51. The number of nitrogens with zero attached hydrogens (tertiary/aromatic N) is 1. The van der Waals surface area contributed by atoms with Crippen molar-refractivity contribution in [1.82, 2.24) is 10.2 Å². The Balaban J connectivity index is 0.00000208. The zero-order valence-electron chi connectivity index (χ0n) is 13.9. The van der Waals surface area contributed by atoms with E-state index in [1.807, 2.05) is 12.1 Å². The second-order valence-electron chi connectivity index (χ2n) is 6.63. The SMILES string of the molecule is CCCN(C(=O)C1CC1c1ccc(Cl)cc1Cl)C1CCNCC1.Cl. The van der Waals surface area contributed by atoms with Crippen LogP contribution >= 0.6 is 35.6 Å². The van der Waals surface area contributed by atoms with E-state index >= 15 is 0 Å². The largest absolute Gasteiger partial charge is 0.339 e. The fourth-order valence-electron chi connectivity index (χ4n) is 3.66. The molecule has 0 bridgehead atoms. The van der Waals surface area contributed by atoms with Crippen molar-refractivity contribution >= 4 is 41.5 Å². The average Bonchev–Trinajstić information content (AvgIpc) is 3.33. The molecule has 2 aliphatic rings. The third-order valence-electron chi connectivity index (χ3n) is 4.97. The maximum atomic E-state index is 13.0. The number of piperidine rings is 1. The molecule has 3 nitrogen and oxygen atoms in total. The monoisotopic (exact) mass is 390 g/mol. The van der Waals surface area contributed by atoms with Crippen LogP contribution in [0.5, 0.6) is 0 Å². The van der Waals surface area contributed by atoms with Gasteiger partial charge in [-0.05, 0) is 62.4 Å². The Labute approximate surface area is 160 Å². The molecule has 24 heavy (non-hydrogen) atoms. The fourth-order valence-corrected chi connectivity index (χ4v) is 4.21. The minimum Gasteiger partial charge on any atom is -0.339 e. The molecule has 2 unspecified atom stereocenters. The number of carbonyl (C=O) groups excluding carboxylic acids is 1. The number of benzene rings is 1. The Kier molecular flexibility index (Phi) is 7.23. The molecule has 1 aliphatic heterocycles. The molecule has 6 heteroatoms. The molecule has 0 aromatic heterocycles. The lowest BCUT2D eigenvalue weighted by molar-refractivity contribution is -0.135. The first-order valence-corrected chi connectivity index (χ1v) is 9.33. The van der Waals surface area contributed by atoms with Gasteiger partial charge >= 0.3 is 0 Å². The van der Waals surface area contributed by atoms with Crippen LogP contribution < -0.4 is 5.32 Å².